The molecule has 3 aliphatic rings. The Bertz CT molecular complexity index is 1070. The van der Waals surface area contributed by atoms with Crippen molar-refractivity contribution in [1.29, 1.82) is 0 Å². The molecule has 174 valence electrons. The lowest BCUT2D eigenvalue weighted by Gasteiger charge is -2.20. The molecule has 0 bridgehead atoms. The topological polar surface area (TPSA) is 105 Å². The Kier molecular flexibility index (Phi) is 5.79. The van der Waals surface area contributed by atoms with E-state index in [2.05, 4.69) is 39.5 Å². The van der Waals surface area contributed by atoms with Crippen LogP contribution in [0.5, 0.6) is 0 Å². The molecule has 0 radical (unpaired) electrons. The minimum atomic E-state index is -3.08. The number of hydrogen-bond donors (Lipinski definition) is 2. The second kappa shape index (κ2) is 8.46. The number of sulfonamides is 1. The van der Waals surface area contributed by atoms with E-state index in [0.29, 0.717) is 47.6 Å². The summed E-state index contributed by atoms with van der Waals surface area (Å²) in [7, 11) is -3.08. The molecule has 0 amide bonds. The molecule has 3 fully saturated rings. The summed E-state index contributed by atoms with van der Waals surface area (Å²) in [5.41, 5.74) is 0.825. The highest BCUT2D eigenvalue weighted by molar-refractivity contribution is 7.90. The van der Waals surface area contributed by atoms with E-state index in [1.807, 2.05) is 10.9 Å². The Morgan fingerprint density at radius 1 is 1.19 bits per heavy atom. The lowest BCUT2D eigenvalue weighted by molar-refractivity contribution is 0.439. The standard InChI is InChI=1S/C21H30ClN7O2S/c1-13(2)9-28-12-17(7-24-28)26-21-23-8-19(22)20(27-21)25-16-5-14-10-29(11-15(14)6-16)32(30,31)18-3-4-18/h7-8,12-16,18H,3-6,9-11H2,1-2H3,(H2,23,25,26,27). The van der Waals surface area contributed by atoms with Crippen molar-refractivity contribution < 1.29 is 8.42 Å². The number of rotatable bonds is 8. The smallest absolute Gasteiger partial charge is 0.229 e. The molecule has 2 aromatic rings. The van der Waals surface area contributed by atoms with E-state index in [4.69, 9.17) is 11.6 Å². The van der Waals surface area contributed by atoms with E-state index in [1.165, 1.54) is 0 Å². The molecule has 1 aliphatic heterocycles. The third-order valence-corrected chi connectivity index (χ3v) is 9.16. The average molecular weight is 480 g/mol. The van der Waals surface area contributed by atoms with E-state index < -0.39 is 10.0 Å². The van der Waals surface area contributed by atoms with Crippen molar-refractivity contribution in [1.82, 2.24) is 24.1 Å². The number of halogens is 1. The van der Waals surface area contributed by atoms with Crippen molar-refractivity contribution >= 4 is 39.1 Å². The van der Waals surface area contributed by atoms with Crippen LogP contribution in [0, 0.1) is 17.8 Å². The largest absolute Gasteiger partial charge is 0.366 e. The molecule has 2 atom stereocenters. The van der Waals surface area contributed by atoms with E-state index in [9.17, 15) is 8.42 Å². The summed E-state index contributed by atoms with van der Waals surface area (Å²) in [6, 6.07) is 0.227. The van der Waals surface area contributed by atoms with Gasteiger partial charge in [0, 0.05) is 31.9 Å². The first-order valence-corrected chi connectivity index (χ1v) is 13.2. The molecule has 2 aromatic heterocycles. The van der Waals surface area contributed by atoms with Gasteiger partial charge < -0.3 is 10.6 Å². The number of fused-ring (bicyclic) bond motifs is 1. The van der Waals surface area contributed by atoms with Gasteiger partial charge in [-0.05, 0) is 43.4 Å². The zero-order valence-electron chi connectivity index (χ0n) is 18.4. The van der Waals surface area contributed by atoms with Crippen molar-refractivity contribution in [2.45, 2.75) is 57.4 Å². The molecule has 2 aliphatic carbocycles. The Morgan fingerprint density at radius 3 is 2.56 bits per heavy atom. The Hall–Kier alpha value is -1.91. The minimum Gasteiger partial charge on any atom is -0.366 e. The summed E-state index contributed by atoms with van der Waals surface area (Å²) in [6.07, 6.45) is 8.77. The monoisotopic (exact) mass is 479 g/mol. The van der Waals surface area contributed by atoms with Crippen LogP contribution in [-0.4, -0.2) is 56.9 Å². The molecular formula is C21H30ClN7O2S. The maximum absolute atomic E-state index is 12.5. The highest BCUT2D eigenvalue weighted by atomic mass is 35.5. The average Bonchev–Trinajstić information content (AvgIpc) is 3.23. The van der Waals surface area contributed by atoms with Gasteiger partial charge in [0.05, 0.1) is 23.3 Å². The van der Waals surface area contributed by atoms with Crippen molar-refractivity contribution in [3.63, 3.8) is 0 Å². The number of anilines is 3. The quantitative estimate of drug-likeness (QED) is 0.598. The molecule has 2 saturated carbocycles. The van der Waals surface area contributed by atoms with Gasteiger partial charge in [-0.15, -0.1) is 0 Å². The summed E-state index contributed by atoms with van der Waals surface area (Å²) in [4.78, 5) is 8.86. The van der Waals surface area contributed by atoms with Crippen LogP contribution >= 0.6 is 11.6 Å². The molecule has 32 heavy (non-hydrogen) atoms. The number of nitrogens with zero attached hydrogens (tertiary/aromatic N) is 5. The van der Waals surface area contributed by atoms with Crippen LogP contribution < -0.4 is 10.6 Å². The third-order valence-electron chi connectivity index (χ3n) is 6.55. The van der Waals surface area contributed by atoms with E-state index in [-0.39, 0.29) is 11.3 Å². The van der Waals surface area contributed by atoms with Crippen LogP contribution in [0.1, 0.15) is 39.5 Å². The van der Waals surface area contributed by atoms with Crippen LogP contribution in [0.15, 0.2) is 18.6 Å². The highest BCUT2D eigenvalue weighted by Crippen LogP contribution is 2.43. The van der Waals surface area contributed by atoms with Crippen LogP contribution in [0.4, 0.5) is 17.5 Å². The van der Waals surface area contributed by atoms with E-state index in [0.717, 1.165) is 37.9 Å². The third kappa shape index (κ3) is 4.58. The van der Waals surface area contributed by atoms with Gasteiger partial charge in [-0.3, -0.25) is 4.68 Å². The maximum atomic E-state index is 12.5. The predicted molar refractivity (Wildman–Crippen MR) is 125 cm³/mol. The first kappa shape index (κ1) is 21.9. The fourth-order valence-corrected chi connectivity index (χ4v) is 7.01. The van der Waals surface area contributed by atoms with Crippen molar-refractivity contribution in [2.75, 3.05) is 23.7 Å². The van der Waals surface area contributed by atoms with Gasteiger partial charge in [-0.1, -0.05) is 25.4 Å². The molecule has 11 heteroatoms. The fraction of sp³-hybridized carbons (Fsp3) is 0.667. The summed E-state index contributed by atoms with van der Waals surface area (Å²) in [6.45, 7) is 6.43. The van der Waals surface area contributed by atoms with Gasteiger partial charge >= 0.3 is 0 Å². The van der Waals surface area contributed by atoms with E-state index >= 15 is 0 Å². The lowest BCUT2D eigenvalue weighted by atomic mass is 10.0. The SMILES string of the molecule is CC(C)Cn1cc(Nc2ncc(Cl)c(NC3CC4CN(S(=O)(=O)C5CC5)CC4C3)n2)cn1. The Morgan fingerprint density at radius 2 is 1.91 bits per heavy atom. The second-order valence-electron chi connectivity index (χ2n) is 9.75. The summed E-state index contributed by atoms with van der Waals surface area (Å²) >= 11 is 6.37. The van der Waals surface area contributed by atoms with Gasteiger partial charge in [0.15, 0.2) is 5.82 Å². The minimum absolute atomic E-state index is 0.126. The first-order chi connectivity index (χ1) is 15.3. The fourth-order valence-electron chi connectivity index (χ4n) is 4.91. The predicted octanol–water partition coefficient (Wildman–Crippen LogP) is 3.34. The van der Waals surface area contributed by atoms with Gasteiger partial charge in [0.2, 0.25) is 16.0 Å². The first-order valence-electron chi connectivity index (χ1n) is 11.4. The summed E-state index contributed by atoms with van der Waals surface area (Å²) in [5.74, 6) is 2.36. The molecule has 0 spiro atoms. The van der Waals surface area contributed by atoms with Gasteiger partial charge in [-0.25, -0.2) is 17.7 Å². The molecule has 9 nitrogen and oxygen atoms in total. The Labute approximate surface area is 194 Å². The van der Waals surface area contributed by atoms with Crippen molar-refractivity contribution in [2.24, 2.45) is 17.8 Å². The zero-order chi connectivity index (χ0) is 22.5. The molecule has 1 saturated heterocycles. The highest BCUT2D eigenvalue weighted by Gasteiger charge is 2.48. The molecule has 3 heterocycles. The molecule has 2 N–H and O–H groups in total. The second-order valence-corrected chi connectivity index (χ2v) is 12.4. The summed E-state index contributed by atoms with van der Waals surface area (Å²) in [5, 5.41) is 11.4. The van der Waals surface area contributed by atoms with Crippen LogP contribution in [0.25, 0.3) is 0 Å². The van der Waals surface area contributed by atoms with Gasteiger partial charge in [0.25, 0.3) is 0 Å². The zero-order valence-corrected chi connectivity index (χ0v) is 20.0. The number of nitrogens with one attached hydrogen (secondary N) is 2. The van der Waals surface area contributed by atoms with Gasteiger partial charge in [0.1, 0.15) is 5.02 Å². The van der Waals surface area contributed by atoms with Crippen molar-refractivity contribution in [3.05, 3.63) is 23.6 Å². The maximum Gasteiger partial charge on any atom is 0.229 e. The van der Waals surface area contributed by atoms with E-state index in [1.54, 1.807) is 16.7 Å². The molecule has 0 aromatic carbocycles. The Balaban J connectivity index is 1.20. The molecule has 2 unspecified atom stereocenters. The van der Waals surface area contributed by atoms with Crippen LogP contribution in [-0.2, 0) is 16.6 Å². The molecule has 5 rings (SSSR count). The van der Waals surface area contributed by atoms with Crippen LogP contribution in [0.2, 0.25) is 5.02 Å². The lowest BCUT2D eigenvalue weighted by Crippen LogP contribution is -2.33. The normalized spacial score (nSPS) is 25.9. The van der Waals surface area contributed by atoms with Crippen LogP contribution in [0.3, 0.4) is 0 Å². The number of aromatic nitrogens is 4. The number of hydrogen-bond acceptors (Lipinski definition) is 7. The van der Waals surface area contributed by atoms with Crippen molar-refractivity contribution in [3.8, 4) is 0 Å². The molecular weight excluding hydrogens is 450 g/mol. The van der Waals surface area contributed by atoms with Gasteiger partial charge in [-0.2, -0.15) is 10.1 Å². The summed E-state index contributed by atoms with van der Waals surface area (Å²) < 4.78 is 28.7.